The lowest BCUT2D eigenvalue weighted by molar-refractivity contribution is 0.731. The molecule has 0 N–H and O–H groups in total. The van der Waals surface area contributed by atoms with Gasteiger partial charge in [-0.3, -0.25) is 0 Å². The number of fused-ring (bicyclic) bond motifs is 14. The van der Waals surface area contributed by atoms with Crippen molar-refractivity contribution in [2.75, 3.05) is 4.90 Å². The molecule has 18 aromatic rings. The Hall–Kier alpha value is -11.9. The minimum Gasteiger partial charge on any atom is -0.310 e. The highest BCUT2D eigenvalue weighted by atomic mass is 15.2. The number of anilines is 3. The van der Waals surface area contributed by atoms with E-state index in [2.05, 4.69) is 357 Å². The van der Waals surface area contributed by atoms with Crippen molar-refractivity contribution < 1.29 is 0 Å². The number of para-hydroxylation sites is 8. The first-order chi connectivity index (χ1) is 44.7. The van der Waals surface area contributed by atoms with Gasteiger partial charge in [0, 0.05) is 54.5 Å². The second kappa shape index (κ2) is 19.5. The van der Waals surface area contributed by atoms with E-state index in [1.165, 1.54) is 98.5 Å². The van der Waals surface area contributed by atoms with Gasteiger partial charge in [0.25, 0.3) is 0 Å². The monoisotopic (exact) mass is 1150 g/mol. The van der Waals surface area contributed by atoms with Crippen LogP contribution in [0.15, 0.2) is 334 Å². The average Bonchev–Trinajstić information content (AvgIpc) is 1.08. The summed E-state index contributed by atoms with van der Waals surface area (Å²) in [7, 11) is 0. The van der Waals surface area contributed by atoms with E-state index in [9.17, 15) is 0 Å². The van der Waals surface area contributed by atoms with Gasteiger partial charge in [-0.2, -0.15) is 0 Å². The van der Waals surface area contributed by atoms with Gasteiger partial charge >= 0.3 is 0 Å². The van der Waals surface area contributed by atoms with E-state index in [4.69, 9.17) is 0 Å². The quantitative estimate of drug-likeness (QED) is 0.149. The molecule has 0 atom stereocenters. The van der Waals surface area contributed by atoms with Crippen LogP contribution in [-0.4, -0.2) is 18.3 Å². The topological polar surface area (TPSA) is 23.0 Å². The van der Waals surface area contributed by atoms with E-state index in [0.717, 1.165) is 61.9 Å². The van der Waals surface area contributed by atoms with E-state index >= 15 is 0 Å². The molecule has 4 aromatic heterocycles. The maximum absolute atomic E-state index is 2.50. The normalized spacial score (nSPS) is 13.0. The number of benzene rings is 14. The number of rotatable bonds is 8. The third-order valence-electron chi connectivity index (χ3n) is 19.4. The van der Waals surface area contributed by atoms with Crippen LogP contribution in [0.25, 0.3) is 121 Å². The van der Waals surface area contributed by atoms with Crippen molar-refractivity contribution in [3.8, 4) is 33.9 Å². The fourth-order valence-corrected chi connectivity index (χ4v) is 15.8. The van der Waals surface area contributed by atoms with E-state index < -0.39 is 5.41 Å². The molecule has 0 radical (unpaired) electrons. The summed E-state index contributed by atoms with van der Waals surface area (Å²) >= 11 is 0. The van der Waals surface area contributed by atoms with Crippen LogP contribution in [-0.2, 0) is 5.41 Å². The summed E-state index contributed by atoms with van der Waals surface area (Å²) in [6, 6.07) is 124. The Morgan fingerprint density at radius 1 is 0.211 bits per heavy atom. The molecule has 90 heavy (non-hydrogen) atoms. The van der Waals surface area contributed by atoms with E-state index in [0.29, 0.717) is 0 Å². The predicted octanol–water partition coefficient (Wildman–Crippen LogP) is 21.9. The van der Waals surface area contributed by atoms with Gasteiger partial charge in [-0.15, -0.1) is 0 Å². The zero-order chi connectivity index (χ0) is 59.0. The van der Waals surface area contributed by atoms with Crippen LogP contribution >= 0.6 is 0 Å². The third kappa shape index (κ3) is 7.14. The molecule has 0 aliphatic carbocycles. The van der Waals surface area contributed by atoms with Crippen LogP contribution in [0.5, 0.6) is 0 Å². The highest BCUT2D eigenvalue weighted by Crippen LogP contribution is 2.58. The Morgan fingerprint density at radius 2 is 0.556 bits per heavy atom. The molecule has 420 valence electrons. The maximum Gasteiger partial charge on any atom is 0.0742 e. The molecule has 0 unspecified atom stereocenters. The first-order valence-electron chi connectivity index (χ1n) is 31.1. The van der Waals surface area contributed by atoms with E-state index in [-0.39, 0.29) is 0 Å². The smallest absolute Gasteiger partial charge is 0.0742 e. The van der Waals surface area contributed by atoms with Gasteiger partial charge in [-0.25, -0.2) is 0 Å². The highest BCUT2D eigenvalue weighted by molar-refractivity contribution is 6.18. The van der Waals surface area contributed by atoms with Crippen molar-refractivity contribution in [2.45, 2.75) is 5.41 Å². The fraction of sp³-hybridized carbons (Fsp3) is 0.0118. The Kier molecular flexibility index (Phi) is 10.9. The minimum atomic E-state index is -0.551. The molecule has 1 aliphatic heterocycles. The lowest BCUT2D eigenvalue weighted by Gasteiger charge is -2.46. The molecule has 1 aliphatic rings. The van der Waals surface area contributed by atoms with Crippen LogP contribution in [0, 0.1) is 0 Å². The predicted molar refractivity (Wildman–Crippen MR) is 376 cm³/mol. The lowest BCUT2D eigenvalue weighted by Crippen LogP contribution is -2.37. The largest absolute Gasteiger partial charge is 0.310 e. The summed E-state index contributed by atoms with van der Waals surface area (Å²) in [4.78, 5) is 2.48. The standard InChI is InChI=1S/C85H55N5/c1-3-25-57(26-4-1)85(58-27-5-2-6-28-58)72-38-13-21-46-81(72)87(82-47-22-14-39-73(82)85)60-30-23-29-59(52-60)86-78-44-19-11-35-69(78)71-51-56(49-50-80(71)86)64-37-24-48-83-84(64)70-36-12-20-45-79(70)90(83)63-54-61(88-74-40-15-7-31-65(74)66-32-8-16-41-75(66)88)53-62(55-63)89-76-42-17-9-33-67(76)68-34-10-18-43-77(68)89/h1-55H. The van der Waals surface area contributed by atoms with Crippen LogP contribution in [0.3, 0.4) is 0 Å². The number of hydrogen-bond acceptors (Lipinski definition) is 1. The van der Waals surface area contributed by atoms with Crippen molar-refractivity contribution in [1.29, 1.82) is 0 Å². The minimum absolute atomic E-state index is 0.551. The van der Waals surface area contributed by atoms with Crippen molar-refractivity contribution in [3.05, 3.63) is 356 Å². The van der Waals surface area contributed by atoms with Crippen molar-refractivity contribution >= 4 is 104 Å². The van der Waals surface area contributed by atoms with Gasteiger partial charge in [0.2, 0.25) is 0 Å². The summed E-state index contributed by atoms with van der Waals surface area (Å²) < 4.78 is 9.88. The van der Waals surface area contributed by atoms with Gasteiger partial charge in [0.05, 0.1) is 78.0 Å². The molecule has 5 heteroatoms. The second-order valence-electron chi connectivity index (χ2n) is 24.0. The zero-order valence-electron chi connectivity index (χ0n) is 49.0. The highest BCUT2D eigenvalue weighted by Gasteiger charge is 2.46. The summed E-state index contributed by atoms with van der Waals surface area (Å²) in [5.41, 5.74) is 23.8. The second-order valence-corrected chi connectivity index (χ2v) is 24.0. The summed E-state index contributed by atoms with van der Waals surface area (Å²) in [6.07, 6.45) is 0. The Morgan fingerprint density at radius 3 is 1.06 bits per heavy atom. The molecule has 0 amide bonds. The lowest BCUT2D eigenvalue weighted by atomic mass is 9.62. The van der Waals surface area contributed by atoms with E-state index in [1.807, 2.05) is 0 Å². The van der Waals surface area contributed by atoms with Crippen molar-refractivity contribution in [3.63, 3.8) is 0 Å². The molecule has 14 aromatic carbocycles. The number of aromatic nitrogens is 4. The molecule has 5 nitrogen and oxygen atoms in total. The van der Waals surface area contributed by atoms with Crippen LogP contribution in [0.1, 0.15) is 22.3 Å². The summed E-state index contributed by atoms with van der Waals surface area (Å²) in [6.45, 7) is 0. The first kappa shape index (κ1) is 50.3. The van der Waals surface area contributed by atoms with Crippen molar-refractivity contribution in [2.24, 2.45) is 0 Å². The number of hydrogen-bond donors (Lipinski definition) is 0. The van der Waals surface area contributed by atoms with Crippen LogP contribution in [0.4, 0.5) is 17.1 Å². The Labute approximate surface area is 519 Å². The Bertz CT molecular complexity index is 5610. The Balaban J connectivity index is 0.789. The molecule has 19 rings (SSSR count). The maximum atomic E-state index is 2.50. The molecule has 0 saturated heterocycles. The summed E-state index contributed by atoms with van der Waals surface area (Å²) in [5, 5.41) is 9.76. The van der Waals surface area contributed by atoms with Crippen LogP contribution < -0.4 is 4.90 Å². The first-order valence-corrected chi connectivity index (χ1v) is 31.1. The van der Waals surface area contributed by atoms with Gasteiger partial charge in [0.1, 0.15) is 0 Å². The van der Waals surface area contributed by atoms with Gasteiger partial charge < -0.3 is 23.2 Å². The molecule has 0 saturated carbocycles. The fourth-order valence-electron chi connectivity index (χ4n) is 15.8. The molecule has 5 heterocycles. The van der Waals surface area contributed by atoms with Crippen LogP contribution in [0.2, 0.25) is 0 Å². The third-order valence-corrected chi connectivity index (χ3v) is 19.4. The van der Waals surface area contributed by atoms with Gasteiger partial charge in [0.15, 0.2) is 0 Å². The molecular formula is C85H55N5. The average molecular weight is 1150 g/mol. The summed E-state index contributed by atoms with van der Waals surface area (Å²) in [5.74, 6) is 0. The van der Waals surface area contributed by atoms with Crippen molar-refractivity contribution in [1.82, 2.24) is 18.3 Å². The molecule has 0 spiro atoms. The molecule has 0 fully saturated rings. The van der Waals surface area contributed by atoms with Gasteiger partial charge in [-0.1, -0.05) is 231 Å². The molecule has 0 bridgehead atoms. The SMILES string of the molecule is c1ccc(C2(c3ccccc3)c3ccccc3N(c3cccc(-n4c5ccccc5c5cc(-c6cccc7c6c6ccccc6n7-c6cc(-n7c8ccccc8c8ccccc87)cc(-n7c8ccccc8c8ccccc87)c6)ccc54)c3)c3ccccc32)cc1. The number of nitrogens with zero attached hydrogens (tertiary/aromatic N) is 5. The zero-order valence-corrected chi connectivity index (χ0v) is 49.0. The van der Waals surface area contributed by atoms with E-state index in [1.54, 1.807) is 0 Å². The molecular weight excluding hydrogens is 1090 g/mol. The van der Waals surface area contributed by atoms with Gasteiger partial charge in [-0.05, 0) is 137 Å².